The van der Waals surface area contributed by atoms with E-state index in [1.165, 1.54) is 24.0 Å². The van der Waals surface area contributed by atoms with Crippen LogP contribution in [0.15, 0.2) is 29.3 Å². The molecule has 2 fully saturated rings. The summed E-state index contributed by atoms with van der Waals surface area (Å²) in [5, 5.41) is 6.95. The Kier molecular flexibility index (Phi) is 7.34. The predicted molar refractivity (Wildman–Crippen MR) is 110 cm³/mol. The lowest BCUT2D eigenvalue weighted by atomic mass is 9.96. The summed E-state index contributed by atoms with van der Waals surface area (Å²) in [6.45, 7) is 8.16. The molecule has 4 atom stereocenters. The van der Waals surface area contributed by atoms with Gasteiger partial charge in [-0.2, -0.15) is 0 Å². The van der Waals surface area contributed by atoms with E-state index in [0.717, 1.165) is 25.5 Å². The molecular weight excluding hydrogens is 413 g/mol. The van der Waals surface area contributed by atoms with Gasteiger partial charge in [0.05, 0.1) is 18.2 Å². The van der Waals surface area contributed by atoms with Gasteiger partial charge in [0.15, 0.2) is 5.96 Å². The predicted octanol–water partition coefficient (Wildman–Crippen LogP) is 3.59. The second-order valence-corrected chi connectivity index (χ2v) is 6.90. The van der Waals surface area contributed by atoms with Crippen molar-refractivity contribution in [2.75, 3.05) is 13.1 Å². The van der Waals surface area contributed by atoms with Gasteiger partial charge in [-0.3, -0.25) is 4.99 Å². The summed E-state index contributed by atoms with van der Waals surface area (Å²) in [4.78, 5) is 4.81. The first-order valence-corrected chi connectivity index (χ1v) is 8.92. The highest BCUT2D eigenvalue weighted by Gasteiger charge is 2.41. The van der Waals surface area contributed by atoms with Gasteiger partial charge in [0.1, 0.15) is 0 Å². The van der Waals surface area contributed by atoms with E-state index < -0.39 is 0 Å². The maximum absolute atomic E-state index is 5.93. The maximum Gasteiger partial charge on any atom is 0.191 e. The third-order valence-electron chi connectivity index (χ3n) is 4.91. The Morgan fingerprint density at radius 2 is 2.21 bits per heavy atom. The smallest absolute Gasteiger partial charge is 0.191 e. The lowest BCUT2D eigenvalue weighted by Crippen LogP contribution is -2.47. The Labute approximate surface area is 162 Å². The molecule has 5 heteroatoms. The van der Waals surface area contributed by atoms with E-state index in [1.54, 1.807) is 0 Å². The van der Waals surface area contributed by atoms with Crippen LogP contribution in [0, 0.1) is 6.92 Å². The fraction of sp³-hybridized carbons (Fsp3) is 0.632. The number of rotatable bonds is 5. The lowest BCUT2D eigenvalue weighted by Gasteiger charge is -2.23. The Hall–Kier alpha value is -0.820. The number of benzene rings is 1. The number of hydrogen-bond acceptors (Lipinski definition) is 2. The summed E-state index contributed by atoms with van der Waals surface area (Å²) in [5.74, 6) is 1.34. The quantitative estimate of drug-likeness (QED) is 0.416. The SMILES string of the molecule is CCNC(=NCC(C)c1cccc(C)c1)NC1CC2CCC1O2.I. The molecular formula is C19H30IN3O. The van der Waals surface area contributed by atoms with E-state index in [9.17, 15) is 0 Å². The first-order valence-electron chi connectivity index (χ1n) is 8.92. The van der Waals surface area contributed by atoms with E-state index >= 15 is 0 Å². The van der Waals surface area contributed by atoms with Crippen molar-refractivity contribution >= 4 is 29.9 Å². The topological polar surface area (TPSA) is 45.7 Å². The Balaban J connectivity index is 0.00000208. The molecule has 0 aliphatic carbocycles. The molecule has 2 bridgehead atoms. The zero-order valence-electron chi connectivity index (χ0n) is 14.9. The summed E-state index contributed by atoms with van der Waals surface area (Å²) in [6, 6.07) is 9.13. The molecule has 0 spiro atoms. The Morgan fingerprint density at radius 3 is 2.83 bits per heavy atom. The number of halogens is 1. The van der Waals surface area contributed by atoms with E-state index in [0.29, 0.717) is 24.2 Å². The van der Waals surface area contributed by atoms with Crippen LogP contribution in [-0.4, -0.2) is 37.3 Å². The van der Waals surface area contributed by atoms with Crippen molar-refractivity contribution in [3.8, 4) is 0 Å². The molecule has 0 aromatic heterocycles. The number of aliphatic imine (C=N–C) groups is 1. The number of fused-ring (bicyclic) bond motifs is 2. The van der Waals surface area contributed by atoms with E-state index in [-0.39, 0.29) is 24.0 Å². The van der Waals surface area contributed by atoms with Crippen LogP contribution in [0.4, 0.5) is 0 Å². The highest BCUT2D eigenvalue weighted by Crippen LogP contribution is 2.34. The molecule has 2 aliphatic heterocycles. The van der Waals surface area contributed by atoms with Gasteiger partial charge >= 0.3 is 0 Å². The summed E-state index contributed by atoms with van der Waals surface area (Å²) in [6.07, 6.45) is 4.36. The molecule has 2 saturated heterocycles. The molecule has 4 unspecified atom stereocenters. The third kappa shape index (κ3) is 4.85. The van der Waals surface area contributed by atoms with Gasteiger partial charge in [0.2, 0.25) is 0 Å². The zero-order chi connectivity index (χ0) is 16.2. The normalized spacial score (nSPS) is 26.8. The van der Waals surface area contributed by atoms with Gasteiger partial charge in [-0.1, -0.05) is 36.8 Å². The van der Waals surface area contributed by atoms with Crippen LogP contribution in [0.2, 0.25) is 0 Å². The van der Waals surface area contributed by atoms with Gasteiger partial charge in [-0.05, 0) is 38.7 Å². The molecule has 0 radical (unpaired) electrons. The fourth-order valence-electron chi connectivity index (χ4n) is 3.60. The molecule has 2 heterocycles. The number of hydrogen-bond donors (Lipinski definition) is 2. The minimum atomic E-state index is 0. The largest absolute Gasteiger partial charge is 0.373 e. The Morgan fingerprint density at radius 1 is 1.38 bits per heavy atom. The van der Waals surface area contributed by atoms with Gasteiger partial charge in [0, 0.05) is 19.0 Å². The van der Waals surface area contributed by atoms with Crippen molar-refractivity contribution in [3.05, 3.63) is 35.4 Å². The van der Waals surface area contributed by atoms with E-state index in [1.807, 2.05) is 0 Å². The van der Waals surface area contributed by atoms with Crippen LogP contribution in [0.5, 0.6) is 0 Å². The molecule has 4 nitrogen and oxygen atoms in total. The summed E-state index contributed by atoms with van der Waals surface area (Å²) in [7, 11) is 0. The van der Waals surface area contributed by atoms with Crippen LogP contribution in [0.1, 0.15) is 50.2 Å². The molecule has 1 aromatic carbocycles. The third-order valence-corrected chi connectivity index (χ3v) is 4.91. The van der Waals surface area contributed by atoms with Crippen LogP contribution in [0.25, 0.3) is 0 Å². The standard InChI is InChI=1S/C19H29N3O.HI/c1-4-20-19(22-17-11-16-8-9-18(17)23-16)21-12-14(3)15-7-5-6-13(2)10-15;/h5-7,10,14,16-18H,4,8-9,11-12H2,1-3H3,(H2,20,21,22);1H. The van der Waals surface area contributed by atoms with Crippen molar-refractivity contribution in [2.24, 2.45) is 4.99 Å². The first-order chi connectivity index (χ1) is 11.2. The number of nitrogens with zero attached hydrogens (tertiary/aromatic N) is 1. The molecule has 24 heavy (non-hydrogen) atoms. The molecule has 1 aromatic rings. The van der Waals surface area contributed by atoms with Crippen LogP contribution < -0.4 is 10.6 Å². The van der Waals surface area contributed by atoms with Crippen molar-refractivity contribution in [1.29, 1.82) is 0 Å². The summed E-state index contributed by atoms with van der Waals surface area (Å²) >= 11 is 0. The van der Waals surface area contributed by atoms with Crippen LogP contribution in [-0.2, 0) is 4.74 Å². The van der Waals surface area contributed by atoms with Crippen LogP contribution >= 0.6 is 24.0 Å². The summed E-state index contributed by atoms with van der Waals surface area (Å²) < 4.78 is 5.93. The molecule has 134 valence electrons. The second kappa shape index (κ2) is 9.04. The lowest BCUT2D eigenvalue weighted by molar-refractivity contribution is 0.0992. The molecule has 2 N–H and O–H groups in total. The average molecular weight is 443 g/mol. The minimum absolute atomic E-state index is 0. The van der Waals surface area contributed by atoms with E-state index in [2.05, 4.69) is 55.7 Å². The monoisotopic (exact) mass is 443 g/mol. The number of aryl methyl sites for hydroxylation is 1. The minimum Gasteiger partial charge on any atom is -0.373 e. The van der Waals surface area contributed by atoms with Gasteiger partial charge in [-0.25, -0.2) is 0 Å². The number of guanidine groups is 1. The second-order valence-electron chi connectivity index (χ2n) is 6.90. The number of nitrogens with one attached hydrogen (secondary N) is 2. The van der Waals surface area contributed by atoms with Crippen molar-refractivity contribution < 1.29 is 4.74 Å². The van der Waals surface area contributed by atoms with Gasteiger partial charge in [0.25, 0.3) is 0 Å². The molecule has 2 aliphatic rings. The average Bonchev–Trinajstić information content (AvgIpc) is 3.15. The highest BCUT2D eigenvalue weighted by atomic mass is 127. The summed E-state index contributed by atoms with van der Waals surface area (Å²) in [5.41, 5.74) is 2.66. The highest BCUT2D eigenvalue weighted by molar-refractivity contribution is 14.0. The van der Waals surface area contributed by atoms with Crippen molar-refractivity contribution in [1.82, 2.24) is 10.6 Å². The molecule has 3 rings (SSSR count). The van der Waals surface area contributed by atoms with Gasteiger partial charge in [-0.15, -0.1) is 24.0 Å². The van der Waals surface area contributed by atoms with Crippen molar-refractivity contribution in [2.45, 2.75) is 64.2 Å². The van der Waals surface area contributed by atoms with Crippen molar-refractivity contribution in [3.63, 3.8) is 0 Å². The molecule has 0 saturated carbocycles. The fourth-order valence-corrected chi connectivity index (χ4v) is 3.60. The first kappa shape index (κ1) is 19.5. The Bertz CT molecular complexity index is 563. The van der Waals surface area contributed by atoms with E-state index in [4.69, 9.17) is 9.73 Å². The van der Waals surface area contributed by atoms with Gasteiger partial charge < -0.3 is 15.4 Å². The zero-order valence-corrected chi connectivity index (χ0v) is 17.2. The number of ether oxygens (including phenoxy) is 1. The van der Waals surface area contributed by atoms with Crippen LogP contribution in [0.3, 0.4) is 0 Å². The molecule has 0 amide bonds. The maximum atomic E-state index is 5.93.